The number of rotatable bonds is 2. The summed E-state index contributed by atoms with van der Waals surface area (Å²) in [5, 5.41) is 8.25. The molecule has 0 saturated carbocycles. The second-order valence-electron chi connectivity index (χ2n) is 4.72. The van der Waals surface area contributed by atoms with Crippen molar-refractivity contribution in [2.75, 3.05) is 0 Å². The lowest BCUT2D eigenvalue weighted by atomic mass is 10.1. The van der Waals surface area contributed by atoms with Crippen molar-refractivity contribution in [1.29, 1.82) is 0 Å². The van der Waals surface area contributed by atoms with Crippen molar-refractivity contribution in [3.05, 3.63) is 60.0 Å². The molecule has 0 atom stereocenters. The lowest BCUT2D eigenvalue weighted by Gasteiger charge is -2.03. The van der Waals surface area contributed by atoms with Gasteiger partial charge in [0.25, 0.3) is 0 Å². The standard InChI is InChI=1S/C16H14N4/c1-11-9-17-16(18-10-11)14-6-4-13(5-7-14)15-8-3-12(2)19-20-15/h3-10H,1-2H3. The molecule has 20 heavy (non-hydrogen) atoms. The average molecular weight is 262 g/mol. The molecule has 0 aliphatic carbocycles. The van der Waals surface area contributed by atoms with E-state index in [1.807, 2.05) is 62.6 Å². The molecule has 0 radical (unpaired) electrons. The van der Waals surface area contributed by atoms with Gasteiger partial charge >= 0.3 is 0 Å². The number of aryl methyl sites for hydroxylation is 2. The molecule has 1 aromatic carbocycles. The van der Waals surface area contributed by atoms with Crippen molar-refractivity contribution in [3.8, 4) is 22.6 Å². The molecule has 2 aromatic heterocycles. The molecule has 0 amide bonds. The first kappa shape index (κ1) is 12.4. The van der Waals surface area contributed by atoms with Crippen molar-refractivity contribution < 1.29 is 0 Å². The van der Waals surface area contributed by atoms with Gasteiger partial charge in [0.05, 0.1) is 11.4 Å². The van der Waals surface area contributed by atoms with Crippen LogP contribution in [0.5, 0.6) is 0 Å². The average Bonchev–Trinajstić information content (AvgIpc) is 2.49. The summed E-state index contributed by atoms with van der Waals surface area (Å²) in [6.45, 7) is 3.90. The van der Waals surface area contributed by atoms with E-state index >= 15 is 0 Å². The van der Waals surface area contributed by atoms with E-state index in [2.05, 4.69) is 20.2 Å². The summed E-state index contributed by atoms with van der Waals surface area (Å²) in [5.74, 6) is 0.733. The molecule has 3 aromatic rings. The zero-order valence-corrected chi connectivity index (χ0v) is 11.4. The first-order chi connectivity index (χ1) is 9.72. The smallest absolute Gasteiger partial charge is 0.159 e. The van der Waals surface area contributed by atoms with Gasteiger partial charge in [-0.1, -0.05) is 24.3 Å². The topological polar surface area (TPSA) is 51.6 Å². The number of hydrogen-bond acceptors (Lipinski definition) is 4. The lowest BCUT2D eigenvalue weighted by molar-refractivity contribution is 0.987. The van der Waals surface area contributed by atoms with E-state index in [4.69, 9.17) is 0 Å². The molecular weight excluding hydrogens is 248 g/mol. The Balaban J connectivity index is 1.91. The van der Waals surface area contributed by atoms with E-state index in [0.29, 0.717) is 0 Å². The van der Waals surface area contributed by atoms with Crippen LogP contribution in [0.1, 0.15) is 11.3 Å². The van der Waals surface area contributed by atoms with Gasteiger partial charge in [-0.2, -0.15) is 10.2 Å². The van der Waals surface area contributed by atoms with Crippen LogP contribution < -0.4 is 0 Å². The minimum Gasteiger partial charge on any atom is -0.236 e. The predicted molar refractivity (Wildman–Crippen MR) is 78.0 cm³/mol. The SMILES string of the molecule is Cc1cnc(-c2ccc(-c3ccc(C)nn3)cc2)nc1. The van der Waals surface area contributed by atoms with Crippen LogP contribution >= 0.6 is 0 Å². The Labute approximate surface area is 117 Å². The summed E-state index contributed by atoms with van der Waals surface area (Å²) in [5.41, 5.74) is 4.87. The minimum atomic E-state index is 0.733. The Morgan fingerprint density at radius 2 is 1.35 bits per heavy atom. The highest BCUT2D eigenvalue weighted by atomic mass is 15.1. The summed E-state index contributed by atoms with van der Waals surface area (Å²) in [7, 11) is 0. The van der Waals surface area contributed by atoms with Crippen molar-refractivity contribution in [2.24, 2.45) is 0 Å². The monoisotopic (exact) mass is 262 g/mol. The second-order valence-corrected chi connectivity index (χ2v) is 4.72. The summed E-state index contributed by atoms with van der Waals surface area (Å²) in [6.07, 6.45) is 3.64. The Morgan fingerprint density at radius 3 is 1.95 bits per heavy atom. The molecule has 0 fully saturated rings. The molecule has 0 saturated heterocycles. The third kappa shape index (κ3) is 2.54. The maximum atomic E-state index is 4.32. The fourth-order valence-electron chi connectivity index (χ4n) is 1.88. The summed E-state index contributed by atoms with van der Waals surface area (Å²) < 4.78 is 0. The molecule has 0 aliphatic rings. The van der Waals surface area contributed by atoms with Crippen molar-refractivity contribution in [2.45, 2.75) is 13.8 Å². The maximum Gasteiger partial charge on any atom is 0.159 e. The van der Waals surface area contributed by atoms with Crippen LogP contribution in [0.25, 0.3) is 22.6 Å². The number of nitrogens with zero attached hydrogens (tertiary/aromatic N) is 4. The van der Waals surface area contributed by atoms with Gasteiger partial charge in [0.15, 0.2) is 5.82 Å². The highest BCUT2D eigenvalue weighted by molar-refractivity contribution is 5.64. The number of hydrogen-bond donors (Lipinski definition) is 0. The van der Waals surface area contributed by atoms with Gasteiger partial charge < -0.3 is 0 Å². The van der Waals surface area contributed by atoms with Crippen molar-refractivity contribution in [1.82, 2.24) is 20.2 Å². The fraction of sp³-hybridized carbons (Fsp3) is 0.125. The van der Waals surface area contributed by atoms with Gasteiger partial charge in [-0.25, -0.2) is 9.97 Å². The molecule has 2 heterocycles. The molecular formula is C16H14N4. The predicted octanol–water partition coefficient (Wildman–Crippen LogP) is 3.22. The number of benzene rings is 1. The Hall–Kier alpha value is -2.62. The van der Waals surface area contributed by atoms with Gasteiger partial charge in [0.2, 0.25) is 0 Å². The van der Waals surface area contributed by atoms with Gasteiger partial charge in [-0.15, -0.1) is 0 Å². The highest BCUT2D eigenvalue weighted by Crippen LogP contribution is 2.21. The van der Waals surface area contributed by atoms with Crippen LogP contribution in [-0.2, 0) is 0 Å². The number of aromatic nitrogens is 4. The van der Waals surface area contributed by atoms with Crippen LogP contribution in [-0.4, -0.2) is 20.2 Å². The molecule has 4 nitrogen and oxygen atoms in total. The molecule has 0 aliphatic heterocycles. The van der Waals surface area contributed by atoms with Crippen molar-refractivity contribution in [3.63, 3.8) is 0 Å². The first-order valence-corrected chi connectivity index (χ1v) is 6.42. The highest BCUT2D eigenvalue weighted by Gasteiger charge is 2.03. The summed E-state index contributed by atoms with van der Waals surface area (Å²) >= 11 is 0. The zero-order valence-electron chi connectivity index (χ0n) is 11.4. The third-order valence-electron chi connectivity index (χ3n) is 3.02. The molecule has 4 heteroatoms. The molecule has 0 spiro atoms. The van der Waals surface area contributed by atoms with Crippen LogP contribution in [0.15, 0.2) is 48.8 Å². The Kier molecular flexibility index (Phi) is 3.21. The first-order valence-electron chi connectivity index (χ1n) is 6.42. The zero-order chi connectivity index (χ0) is 13.9. The van der Waals surface area contributed by atoms with E-state index in [9.17, 15) is 0 Å². The Bertz CT molecular complexity index is 636. The Morgan fingerprint density at radius 1 is 0.700 bits per heavy atom. The third-order valence-corrected chi connectivity index (χ3v) is 3.02. The van der Waals surface area contributed by atoms with Gasteiger partial charge in [0.1, 0.15) is 0 Å². The molecule has 0 N–H and O–H groups in total. The van der Waals surface area contributed by atoms with Gasteiger partial charge in [0, 0.05) is 23.5 Å². The largest absolute Gasteiger partial charge is 0.236 e. The normalized spacial score (nSPS) is 10.5. The maximum absolute atomic E-state index is 4.32. The van der Waals surface area contributed by atoms with E-state index < -0.39 is 0 Å². The van der Waals surface area contributed by atoms with E-state index in [1.165, 1.54) is 0 Å². The van der Waals surface area contributed by atoms with Crippen LogP contribution in [0.4, 0.5) is 0 Å². The summed E-state index contributed by atoms with van der Waals surface area (Å²) in [6, 6.07) is 12.0. The molecule has 3 rings (SSSR count). The quantitative estimate of drug-likeness (QED) is 0.711. The van der Waals surface area contributed by atoms with Crippen LogP contribution in [0.3, 0.4) is 0 Å². The van der Waals surface area contributed by atoms with E-state index in [0.717, 1.165) is 33.9 Å². The molecule has 0 unspecified atom stereocenters. The van der Waals surface area contributed by atoms with E-state index in [-0.39, 0.29) is 0 Å². The van der Waals surface area contributed by atoms with E-state index in [1.54, 1.807) is 0 Å². The van der Waals surface area contributed by atoms with Crippen LogP contribution in [0.2, 0.25) is 0 Å². The molecule has 0 bridgehead atoms. The van der Waals surface area contributed by atoms with Crippen LogP contribution in [0, 0.1) is 13.8 Å². The van der Waals surface area contributed by atoms with Gasteiger partial charge in [-0.05, 0) is 31.5 Å². The fourth-order valence-corrected chi connectivity index (χ4v) is 1.88. The lowest BCUT2D eigenvalue weighted by Crippen LogP contribution is -1.91. The molecule has 98 valence electrons. The minimum absolute atomic E-state index is 0.733. The summed E-state index contributed by atoms with van der Waals surface area (Å²) in [4.78, 5) is 8.65. The van der Waals surface area contributed by atoms with Gasteiger partial charge in [-0.3, -0.25) is 0 Å². The second kappa shape index (κ2) is 5.17. The van der Waals surface area contributed by atoms with Crippen molar-refractivity contribution >= 4 is 0 Å².